The maximum absolute atomic E-state index is 12.7. The highest BCUT2D eigenvalue weighted by Gasteiger charge is 2.43. The van der Waals surface area contributed by atoms with Gasteiger partial charge in [0.1, 0.15) is 11.6 Å². The van der Waals surface area contributed by atoms with Gasteiger partial charge in [-0.05, 0) is 44.7 Å². The number of pyridine rings is 1. The number of piperidine rings is 1. The molecule has 3 heterocycles. The van der Waals surface area contributed by atoms with E-state index in [-0.39, 0.29) is 17.2 Å². The monoisotopic (exact) mass is 353 g/mol. The van der Waals surface area contributed by atoms with Gasteiger partial charge in [-0.15, -0.1) is 0 Å². The van der Waals surface area contributed by atoms with Crippen LogP contribution < -0.4 is 10.2 Å². The number of aromatic nitrogens is 3. The lowest BCUT2D eigenvalue weighted by Gasteiger charge is -2.33. The summed E-state index contributed by atoms with van der Waals surface area (Å²) < 4.78 is 2.20. The molecule has 2 aliphatic rings. The lowest BCUT2D eigenvalue weighted by molar-refractivity contribution is -0.125. The Morgan fingerprint density at radius 3 is 2.88 bits per heavy atom. The normalized spacial score (nSPS) is 21.4. The predicted octanol–water partition coefficient (Wildman–Crippen LogP) is 2.40. The van der Waals surface area contributed by atoms with Gasteiger partial charge in [0.05, 0.1) is 5.92 Å². The fourth-order valence-corrected chi connectivity index (χ4v) is 3.86. The number of anilines is 1. The van der Waals surface area contributed by atoms with Crippen molar-refractivity contribution >= 4 is 11.7 Å². The molecule has 1 saturated carbocycles. The van der Waals surface area contributed by atoms with Crippen molar-refractivity contribution in [2.24, 2.45) is 11.3 Å². The third-order valence-corrected chi connectivity index (χ3v) is 5.79. The van der Waals surface area contributed by atoms with Crippen molar-refractivity contribution in [1.82, 2.24) is 19.9 Å². The molecule has 6 heteroatoms. The van der Waals surface area contributed by atoms with Crippen molar-refractivity contribution in [2.45, 2.75) is 39.2 Å². The Labute approximate surface area is 154 Å². The Morgan fingerprint density at radius 1 is 1.31 bits per heavy atom. The van der Waals surface area contributed by atoms with E-state index in [0.29, 0.717) is 0 Å². The van der Waals surface area contributed by atoms with Gasteiger partial charge in [0, 0.05) is 50.2 Å². The number of carbonyl (C=O) groups is 1. The Balaban J connectivity index is 1.31. The number of nitrogens with one attached hydrogen (secondary N) is 1. The third-order valence-electron chi connectivity index (χ3n) is 5.79. The van der Waals surface area contributed by atoms with Crippen LogP contribution in [0.1, 0.15) is 31.5 Å². The van der Waals surface area contributed by atoms with Crippen LogP contribution in [0.15, 0.2) is 36.8 Å². The number of hydrogen-bond donors (Lipinski definition) is 1. The molecule has 2 aromatic heterocycles. The average molecular weight is 353 g/mol. The van der Waals surface area contributed by atoms with Crippen molar-refractivity contribution in [3.63, 3.8) is 0 Å². The van der Waals surface area contributed by atoms with Crippen LogP contribution in [0.3, 0.4) is 0 Å². The van der Waals surface area contributed by atoms with Gasteiger partial charge >= 0.3 is 0 Å². The second kappa shape index (κ2) is 7.09. The van der Waals surface area contributed by atoms with E-state index in [1.807, 2.05) is 43.7 Å². The molecule has 1 amide bonds. The minimum Gasteiger partial charge on any atom is -0.356 e. The molecular formula is C20H27N5O. The van der Waals surface area contributed by atoms with Crippen LogP contribution in [-0.2, 0) is 11.3 Å². The Kier molecular flexibility index (Phi) is 4.66. The number of nitrogens with zero attached hydrogens (tertiary/aromatic N) is 4. The first-order valence-electron chi connectivity index (χ1n) is 9.57. The summed E-state index contributed by atoms with van der Waals surface area (Å²) >= 11 is 0. The van der Waals surface area contributed by atoms with Crippen molar-refractivity contribution in [3.8, 4) is 0 Å². The van der Waals surface area contributed by atoms with E-state index in [0.717, 1.165) is 50.7 Å². The van der Waals surface area contributed by atoms with Crippen molar-refractivity contribution in [1.29, 1.82) is 0 Å². The first-order valence-corrected chi connectivity index (χ1v) is 9.57. The summed E-state index contributed by atoms with van der Waals surface area (Å²) in [6.45, 7) is 5.48. The second-order valence-corrected chi connectivity index (χ2v) is 7.79. The lowest BCUT2D eigenvalue weighted by atomic mass is 9.96. The van der Waals surface area contributed by atoms with Gasteiger partial charge in [-0.2, -0.15) is 0 Å². The first kappa shape index (κ1) is 17.1. The van der Waals surface area contributed by atoms with Gasteiger partial charge in [-0.3, -0.25) is 4.79 Å². The highest BCUT2D eigenvalue weighted by molar-refractivity contribution is 5.79. The van der Waals surface area contributed by atoms with E-state index in [1.54, 1.807) is 0 Å². The standard InChI is InChI=1S/C20H27N5O/c1-16-21-10-12-25(16)15-20(7-8-20)14-23-19(26)17-5-4-11-24(13-17)18-6-2-3-9-22-18/h2-3,6,9-10,12,17H,4-5,7-8,11,13-15H2,1H3,(H,23,26). The van der Waals surface area contributed by atoms with Crippen LogP contribution in [0.5, 0.6) is 0 Å². The zero-order valence-electron chi connectivity index (χ0n) is 15.4. The van der Waals surface area contributed by atoms with Crippen LogP contribution in [-0.4, -0.2) is 40.1 Å². The van der Waals surface area contributed by atoms with Crippen molar-refractivity contribution in [3.05, 3.63) is 42.6 Å². The summed E-state index contributed by atoms with van der Waals surface area (Å²) in [4.78, 5) is 23.7. The quantitative estimate of drug-likeness (QED) is 0.866. The largest absolute Gasteiger partial charge is 0.356 e. The van der Waals surface area contributed by atoms with Gasteiger partial charge in [-0.1, -0.05) is 6.07 Å². The summed E-state index contributed by atoms with van der Waals surface area (Å²) in [5, 5.41) is 3.24. The molecule has 1 saturated heterocycles. The fourth-order valence-electron chi connectivity index (χ4n) is 3.86. The molecule has 0 aromatic carbocycles. The number of aryl methyl sites for hydroxylation is 1. The Bertz CT molecular complexity index is 753. The highest BCUT2D eigenvalue weighted by Crippen LogP contribution is 2.46. The smallest absolute Gasteiger partial charge is 0.224 e. The minimum absolute atomic E-state index is 0.0523. The van der Waals surface area contributed by atoms with Gasteiger partial charge in [0.2, 0.25) is 5.91 Å². The van der Waals surface area contributed by atoms with Crippen molar-refractivity contribution < 1.29 is 4.79 Å². The molecule has 138 valence electrons. The molecule has 26 heavy (non-hydrogen) atoms. The van der Waals surface area contributed by atoms with E-state index in [1.165, 1.54) is 12.8 Å². The van der Waals surface area contributed by atoms with Crippen molar-refractivity contribution in [2.75, 3.05) is 24.5 Å². The number of carbonyl (C=O) groups excluding carboxylic acids is 1. The van der Waals surface area contributed by atoms with Crippen LogP contribution >= 0.6 is 0 Å². The summed E-state index contributed by atoms with van der Waals surface area (Å²) in [7, 11) is 0. The van der Waals surface area contributed by atoms with E-state index in [2.05, 4.69) is 24.8 Å². The van der Waals surface area contributed by atoms with Gasteiger partial charge in [0.15, 0.2) is 0 Å². The molecule has 1 aliphatic heterocycles. The minimum atomic E-state index is 0.0523. The zero-order valence-corrected chi connectivity index (χ0v) is 15.4. The maximum Gasteiger partial charge on any atom is 0.224 e. The Hall–Kier alpha value is -2.37. The number of hydrogen-bond acceptors (Lipinski definition) is 4. The van der Waals surface area contributed by atoms with E-state index >= 15 is 0 Å². The molecule has 0 bridgehead atoms. The Morgan fingerprint density at radius 2 is 2.19 bits per heavy atom. The summed E-state index contributed by atoms with van der Waals surface area (Å²) in [6, 6.07) is 5.95. The van der Waals surface area contributed by atoms with E-state index in [9.17, 15) is 4.79 Å². The molecule has 0 spiro atoms. The SMILES string of the molecule is Cc1nccn1CC1(CNC(=O)C2CCCN(c3ccccn3)C2)CC1. The molecular weight excluding hydrogens is 326 g/mol. The topological polar surface area (TPSA) is 63.1 Å². The second-order valence-electron chi connectivity index (χ2n) is 7.79. The van der Waals surface area contributed by atoms with Crippen LogP contribution in [0.25, 0.3) is 0 Å². The lowest BCUT2D eigenvalue weighted by Crippen LogP contribution is -2.44. The van der Waals surface area contributed by atoms with E-state index < -0.39 is 0 Å². The van der Waals surface area contributed by atoms with Gasteiger partial charge in [-0.25, -0.2) is 9.97 Å². The number of rotatable bonds is 6. The van der Waals surface area contributed by atoms with E-state index in [4.69, 9.17) is 0 Å². The van der Waals surface area contributed by atoms with Gasteiger partial charge < -0.3 is 14.8 Å². The summed E-state index contributed by atoms with van der Waals surface area (Å²) in [5.74, 6) is 2.26. The molecule has 4 rings (SSSR count). The van der Waals surface area contributed by atoms with Gasteiger partial charge in [0.25, 0.3) is 0 Å². The van der Waals surface area contributed by atoms with Crippen LogP contribution in [0.4, 0.5) is 5.82 Å². The summed E-state index contributed by atoms with van der Waals surface area (Å²) in [5.41, 5.74) is 0.219. The molecule has 1 aliphatic carbocycles. The molecule has 6 nitrogen and oxygen atoms in total. The predicted molar refractivity (Wildman–Crippen MR) is 101 cm³/mol. The molecule has 1 unspecified atom stereocenters. The molecule has 2 aromatic rings. The average Bonchev–Trinajstić information content (AvgIpc) is 3.34. The zero-order chi connectivity index (χ0) is 18.0. The highest BCUT2D eigenvalue weighted by atomic mass is 16.1. The third kappa shape index (κ3) is 3.74. The molecule has 1 atom stereocenters. The maximum atomic E-state index is 12.7. The number of imidazole rings is 1. The summed E-state index contributed by atoms with van der Waals surface area (Å²) in [6.07, 6.45) is 10.0. The molecule has 0 radical (unpaired) electrons. The molecule has 1 N–H and O–H groups in total. The first-order chi connectivity index (χ1) is 12.7. The fraction of sp³-hybridized carbons (Fsp3) is 0.550. The van der Waals surface area contributed by atoms with Crippen LogP contribution in [0, 0.1) is 18.3 Å². The van der Waals surface area contributed by atoms with Crippen LogP contribution in [0.2, 0.25) is 0 Å². The molecule has 2 fully saturated rings. The number of amides is 1.